The van der Waals surface area contributed by atoms with Crippen LogP contribution in [-0.4, -0.2) is 104 Å². The number of likely N-dealkylation sites (tertiary alicyclic amines) is 1. The topological polar surface area (TPSA) is 134 Å². The van der Waals surface area contributed by atoms with E-state index < -0.39 is 22.4 Å². The molecule has 0 spiro atoms. The quantitative estimate of drug-likeness (QED) is 0.303. The fraction of sp³-hybridized carbons (Fsp3) is 0.692. The number of fused-ring (bicyclic) bond motifs is 1. The molecule has 0 bridgehead atoms. The van der Waals surface area contributed by atoms with Gasteiger partial charge in [-0.2, -0.15) is 14.6 Å². The van der Waals surface area contributed by atoms with Gasteiger partial charge in [0.1, 0.15) is 12.0 Å². The molecule has 0 radical (unpaired) electrons. The van der Waals surface area contributed by atoms with Gasteiger partial charge < -0.3 is 15.0 Å². The zero-order valence-corrected chi connectivity index (χ0v) is 24.5. The van der Waals surface area contributed by atoms with Gasteiger partial charge >= 0.3 is 0 Å². The summed E-state index contributed by atoms with van der Waals surface area (Å²) in [7, 11) is -3.40. The number of hydrogen-bond donors (Lipinski definition) is 2. The first kappa shape index (κ1) is 29.6. The number of aromatic amines is 1. The number of nitrogens with zero attached hydrogens (tertiary/aromatic N) is 7. The first-order valence-electron chi connectivity index (χ1n) is 14.3. The van der Waals surface area contributed by atoms with Crippen LogP contribution in [0.5, 0.6) is 5.75 Å². The lowest BCUT2D eigenvalue weighted by atomic mass is 9.95. The zero-order chi connectivity index (χ0) is 29.1. The third-order valence-corrected chi connectivity index (χ3v) is 9.76. The maximum absolute atomic E-state index is 13.0. The molecule has 15 heteroatoms. The van der Waals surface area contributed by atoms with Crippen molar-refractivity contribution < 1.29 is 21.9 Å². The van der Waals surface area contributed by atoms with E-state index in [9.17, 15) is 17.2 Å². The minimum Gasteiger partial charge on any atom is -0.485 e. The Balaban J connectivity index is 1.16. The average Bonchev–Trinajstić information content (AvgIpc) is 3.69. The minimum absolute atomic E-state index is 0.00687. The number of ether oxygens (including phenoxy) is 1. The molecule has 0 aliphatic carbocycles. The highest BCUT2D eigenvalue weighted by Crippen LogP contribution is 2.32. The number of unbranched alkanes of at least 4 members (excludes halogenated alkanes) is 1. The van der Waals surface area contributed by atoms with Crippen molar-refractivity contribution in [1.82, 2.24) is 39.0 Å². The normalized spacial score (nSPS) is 22.8. The Bertz CT molecular complexity index is 1400. The van der Waals surface area contributed by atoms with Gasteiger partial charge in [0.2, 0.25) is 28.0 Å². The van der Waals surface area contributed by atoms with E-state index >= 15 is 0 Å². The smallest absolute Gasteiger partial charge is 0.243 e. The largest absolute Gasteiger partial charge is 0.485 e. The van der Waals surface area contributed by atoms with Crippen molar-refractivity contribution in [1.29, 1.82) is 0 Å². The second kappa shape index (κ2) is 12.5. The lowest BCUT2D eigenvalue weighted by molar-refractivity contribution is 0.0807. The number of halogens is 2. The van der Waals surface area contributed by atoms with Gasteiger partial charge in [0.05, 0.1) is 18.1 Å². The molecule has 0 aromatic carbocycles. The molecule has 5 heterocycles. The van der Waals surface area contributed by atoms with Crippen LogP contribution < -0.4 is 10.1 Å². The van der Waals surface area contributed by atoms with Crippen molar-refractivity contribution in [3.8, 4) is 17.0 Å². The molecule has 0 saturated carbocycles. The van der Waals surface area contributed by atoms with Crippen molar-refractivity contribution in [2.75, 3.05) is 43.8 Å². The van der Waals surface area contributed by atoms with Crippen molar-refractivity contribution in [2.45, 2.75) is 65.0 Å². The molecule has 2 aliphatic rings. The predicted molar refractivity (Wildman–Crippen MR) is 150 cm³/mol. The number of nitrogens with one attached hydrogen (secondary N) is 2. The fourth-order valence-corrected chi connectivity index (χ4v) is 7.26. The number of aromatic nitrogens is 6. The van der Waals surface area contributed by atoms with Gasteiger partial charge in [-0.15, -0.1) is 5.10 Å². The summed E-state index contributed by atoms with van der Waals surface area (Å²) >= 11 is 0. The summed E-state index contributed by atoms with van der Waals surface area (Å²) in [6, 6.07) is -0.00687. The van der Waals surface area contributed by atoms with E-state index in [1.165, 1.54) is 0 Å². The van der Waals surface area contributed by atoms with Crippen molar-refractivity contribution >= 4 is 21.6 Å². The Labute approximate surface area is 238 Å². The highest BCUT2D eigenvalue weighted by Gasteiger charge is 2.33. The Kier molecular flexibility index (Phi) is 9.04. The van der Waals surface area contributed by atoms with E-state index in [0.29, 0.717) is 81.4 Å². The minimum atomic E-state index is -3.40. The molecular weight excluding hydrogens is 556 g/mol. The third kappa shape index (κ3) is 6.95. The highest BCUT2D eigenvalue weighted by molar-refractivity contribution is 7.89. The molecule has 2 fully saturated rings. The summed E-state index contributed by atoms with van der Waals surface area (Å²) in [6.07, 6.45) is 4.94. The van der Waals surface area contributed by atoms with Crippen LogP contribution in [0.15, 0.2) is 18.7 Å². The van der Waals surface area contributed by atoms with Crippen LogP contribution in [0.2, 0.25) is 0 Å². The van der Waals surface area contributed by atoms with Crippen LogP contribution in [0.4, 0.5) is 14.7 Å². The zero-order valence-electron chi connectivity index (χ0n) is 23.7. The van der Waals surface area contributed by atoms with Gasteiger partial charge in [0.25, 0.3) is 0 Å². The number of piperidine rings is 1. The molecule has 12 nitrogen and oxygen atoms in total. The second-order valence-corrected chi connectivity index (χ2v) is 13.4. The number of alkyl halides is 2. The lowest BCUT2D eigenvalue weighted by Crippen LogP contribution is -2.48. The SMILES string of the molecule is CC(C)Oc1c(-c2cn[nH]c2)ncn2nc(N[C@H]3CCN(S(=O)(=O)CCCCN4CCC(C(F)F)C4)C[C@H]3C)nc12. The Morgan fingerprint density at radius 1 is 1.20 bits per heavy atom. The van der Waals surface area contributed by atoms with Crippen LogP contribution in [-0.2, 0) is 10.0 Å². The Hall–Kier alpha value is -2.91. The highest BCUT2D eigenvalue weighted by atomic mass is 32.2. The molecule has 2 aliphatic heterocycles. The maximum Gasteiger partial charge on any atom is 0.243 e. The predicted octanol–water partition coefficient (Wildman–Crippen LogP) is 3.12. The molecule has 3 aromatic rings. The summed E-state index contributed by atoms with van der Waals surface area (Å²) in [6.45, 7) is 8.43. The van der Waals surface area contributed by atoms with E-state index in [4.69, 9.17) is 9.72 Å². The second-order valence-electron chi connectivity index (χ2n) is 11.4. The van der Waals surface area contributed by atoms with E-state index in [0.717, 1.165) is 5.56 Å². The fourth-order valence-electron chi connectivity index (χ4n) is 5.59. The van der Waals surface area contributed by atoms with E-state index in [2.05, 4.69) is 25.6 Å². The first-order valence-corrected chi connectivity index (χ1v) is 15.9. The number of H-pyrrole nitrogens is 1. The monoisotopic (exact) mass is 595 g/mol. The van der Waals surface area contributed by atoms with Crippen molar-refractivity contribution in [3.05, 3.63) is 18.7 Å². The summed E-state index contributed by atoms with van der Waals surface area (Å²) in [5.41, 5.74) is 1.92. The van der Waals surface area contributed by atoms with Gasteiger partial charge in [-0.25, -0.2) is 26.5 Å². The average molecular weight is 596 g/mol. The van der Waals surface area contributed by atoms with Gasteiger partial charge in [0, 0.05) is 43.4 Å². The van der Waals surface area contributed by atoms with E-state index in [-0.39, 0.29) is 23.8 Å². The summed E-state index contributed by atoms with van der Waals surface area (Å²) in [4.78, 5) is 11.2. The maximum atomic E-state index is 13.0. The van der Waals surface area contributed by atoms with Gasteiger partial charge in [0.15, 0.2) is 5.75 Å². The Morgan fingerprint density at radius 2 is 2.02 bits per heavy atom. The van der Waals surface area contributed by atoms with Crippen molar-refractivity contribution in [3.63, 3.8) is 0 Å². The Morgan fingerprint density at radius 3 is 2.71 bits per heavy atom. The standard InChI is InChI=1S/C26H39F2N9O3S/c1-17(2)40-23-22(20-12-30-31-13-20)29-16-37-25(23)33-26(34-37)32-21-7-10-36(14-18(21)3)41(38,39)11-5-4-8-35-9-6-19(15-35)24(27)28/h12-13,16-19,21,24H,4-11,14-15H2,1-3H3,(H,30,31)(H,32,34)/t18-,19?,21+/m1/s1. The van der Waals surface area contributed by atoms with Crippen LogP contribution >= 0.6 is 0 Å². The lowest BCUT2D eigenvalue weighted by Gasteiger charge is -2.36. The van der Waals surface area contributed by atoms with Crippen LogP contribution in [0, 0.1) is 11.8 Å². The molecule has 2 saturated heterocycles. The molecule has 1 unspecified atom stereocenters. The number of sulfonamides is 1. The third-order valence-electron chi connectivity index (χ3n) is 7.84. The molecule has 2 N–H and O–H groups in total. The van der Waals surface area contributed by atoms with E-state index in [1.807, 2.05) is 25.7 Å². The summed E-state index contributed by atoms with van der Waals surface area (Å²) in [5.74, 6) is 0.484. The van der Waals surface area contributed by atoms with Crippen LogP contribution in [0.25, 0.3) is 16.9 Å². The van der Waals surface area contributed by atoms with Crippen molar-refractivity contribution in [2.24, 2.45) is 11.8 Å². The summed E-state index contributed by atoms with van der Waals surface area (Å²) in [5, 5.41) is 14.7. The molecule has 0 amide bonds. The molecule has 226 valence electrons. The number of anilines is 1. The number of rotatable bonds is 12. The molecule has 41 heavy (non-hydrogen) atoms. The van der Waals surface area contributed by atoms with Crippen LogP contribution in [0.1, 0.15) is 46.5 Å². The molecule has 5 rings (SSSR count). The van der Waals surface area contributed by atoms with Crippen LogP contribution in [0.3, 0.4) is 0 Å². The first-order chi connectivity index (χ1) is 19.6. The molecular formula is C26H39F2N9O3S. The van der Waals surface area contributed by atoms with E-state index in [1.54, 1.807) is 27.5 Å². The van der Waals surface area contributed by atoms with Gasteiger partial charge in [-0.3, -0.25) is 5.10 Å². The van der Waals surface area contributed by atoms with Gasteiger partial charge in [-0.05, 0) is 58.5 Å². The number of hydrogen-bond acceptors (Lipinski definition) is 9. The van der Waals surface area contributed by atoms with Gasteiger partial charge in [-0.1, -0.05) is 6.92 Å². The molecule has 3 aromatic heterocycles. The summed E-state index contributed by atoms with van der Waals surface area (Å²) < 4.78 is 61.1. The molecule has 3 atom stereocenters.